The lowest BCUT2D eigenvalue weighted by atomic mass is 10.1. The van der Waals surface area contributed by atoms with Gasteiger partial charge in [0.2, 0.25) is 0 Å². The van der Waals surface area contributed by atoms with Gasteiger partial charge >= 0.3 is 5.97 Å². The lowest BCUT2D eigenvalue weighted by Gasteiger charge is -2.38. The maximum absolute atomic E-state index is 11.7. The highest BCUT2D eigenvalue weighted by molar-refractivity contribution is 5.75. The third kappa shape index (κ3) is 5.47. The Bertz CT molecular complexity index is 284. The predicted molar refractivity (Wildman–Crippen MR) is 77.2 cm³/mol. The highest BCUT2D eigenvalue weighted by Crippen LogP contribution is 2.10. The van der Waals surface area contributed by atoms with E-state index in [-0.39, 0.29) is 18.1 Å². The molecule has 0 aliphatic carbocycles. The van der Waals surface area contributed by atoms with Crippen molar-refractivity contribution in [3.8, 4) is 0 Å². The molecule has 1 aliphatic heterocycles. The third-order valence-corrected chi connectivity index (χ3v) is 3.69. The van der Waals surface area contributed by atoms with Crippen LogP contribution in [-0.4, -0.2) is 74.2 Å². The van der Waals surface area contributed by atoms with E-state index in [0.717, 1.165) is 32.6 Å². The minimum Gasteiger partial charge on any atom is -0.468 e. The third-order valence-electron chi connectivity index (χ3n) is 3.69. The highest BCUT2D eigenvalue weighted by atomic mass is 16.5. The van der Waals surface area contributed by atoms with E-state index in [1.165, 1.54) is 7.11 Å². The largest absolute Gasteiger partial charge is 0.468 e. The van der Waals surface area contributed by atoms with Crippen molar-refractivity contribution in [2.75, 3.05) is 40.3 Å². The Morgan fingerprint density at radius 1 is 1.42 bits per heavy atom. The molecule has 0 aromatic heterocycles. The standard InChI is InChI=1S/C14H29N3O2/c1-11(2)15-13(14(18)19-5)6-7-17-9-8-16(4)10-12(17)3/h11-13,15H,6-10H2,1-5H3. The molecule has 5 heteroatoms. The van der Waals surface area contributed by atoms with Crippen LogP contribution >= 0.6 is 0 Å². The SMILES string of the molecule is COC(=O)C(CCN1CCN(C)CC1C)NC(C)C. The number of carbonyl (C=O) groups is 1. The molecule has 112 valence electrons. The van der Waals surface area contributed by atoms with Crippen molar-refractivity contribution in [1.82, 2.24) is 15.1 Å². The van der Waals surface area contributed by atoms with Gasteiger partial charge in [0.15, 0.2) is 0 Å². The summed E-state index contributed by atoms with van der Waals surface area (Å²) in [5.74, 6) is -0.157. The number of carbonyl (C=O) groups excluding carboxylic acids is 1. The summed E-state index contributed by atoms with van der Waals surface area (Å²) in [4.78, 5) is 16.6. The molecule has 2 atom stereocenters. The van der Waals surface area contributed by atoms with Crippen LogP contribution in [0.1, 0.15) is 27.2 Å². The molecule has 0 aromatic rings. The van der Waals surface area contributed by atoms with Crippen LogP contribution in [0.2, 0.25) is 0 Å². The number of ether oxygens (including phenoxy) is 1. The van der Waals surface area contributed by atoms with E-state index < -0.39 is 0 Å². The first-order valence-electron chi connectivity index (χ1n) is 7.20. The lowest BCUT2D eigenvalue weighted by molar-refractivity contribution is -0.143. The average Bonchev–Trinajstić information content (AvgIpc) is 2.34. The van der Waals surface area contributed by atoms with Crippen molar-refractivity contribution in [2.45, 2.75) is 45.3 Å². The number of nitrogens with one attached hydrogen (secondary N) is 1. The number of nitrogens with zero attached hydrogens (tertiary/aromatic N) is 2. The molecule has 0 saturated carbocycles. The Balaban J connectivity index is 2.44. The summed E-state index contributed by atoms with van der Waals surface area (Å²) in [6.07, 6.45) is 0.804. The van der Waals surface area contributed by atoms with Crippen LogP contribution < -0.4 is 5.32 Å². The number of hydrogen-bond acceptors (Lipinski definition) is 5. The Kier molecular flexibility index (Phi) is 6.75. The van der Waals surface area contributed by atoms with Crippen LogP contribution in [0.3, 0.4) is 0 Å². The molecule has 5 nitrogen and oxygen atoms in total. The zero-order valence-corrected chi connectivity index (χ0v) is 13.0. The molecule has 1 saturated heterocycles. The monoisotopic (exact) mass is 271 g/mol. The van der Waals surface area contributed by atoms with E-state index in [4.69, 9.17) is 4.74 Å². The average molecular weight is 271 g/mol. The van der Waals surface area contributed by atoms with E-state index in [2.05, 4.69) is 42.9 Å². The van der Waals surface area contributed by atoms with Crippen molar-refractivity contribution < 1.29 is 9.53 Å². The van der Waals surface area contributed by atoms with Crippen LogP contribution in [-0.2, 0) is 9.53 Å². The van der Waals surface area contributed by atoms with Crippen molar-refractivity contribution in [1.29, 1.82) is 0 Å². The molecule has 1 N–H and O–H groups in total. The van der Waals surface area contributed by atoms with Gasteiger partial charge in [-0.2, -0.15) is 0 Å². The molecule has 0 radical (unpaired) electrons. The van der Waals surface area contributed by atoms with Crippen molar-refractivity contribution in [3.63, 3.8) is 0 Å². The predicted octanol–water partition coefficient (Wildman–Crippen LogP) is 0.552. The van der Waals surface area contributed by atoms with Crippen LogP contribution in [0.25, 0.3) is 0 Å². The fourth-order valence-corrected chi connectivity index (χ4v) is 2.62. The molecule has 1 heterocycles. The Morgan fingerprint density at radius 3 is 2.63 bits per heavy atom. The molecular weight excluding hydrogens is 242 g/mol. The summed E-state index contributed by atoms with van der Waals surface area (Å²) in [6.45, 7) is 10.6. The Morgan fingerprint density at radius 2 is 2.11 bits per heavy atom. The van der Waals surface area contributed by atoms with Gasteiger partial charge in [-0.25, -0.2) is 0 Å². The van der Waals surface area contributed by atoms with Crippen LogP contribution in [0.15, 0.2) is 0 Å². The van der Waals surface area contributed by atoms with Gasteiger partial charge in [0, 0.05) is 38.3 Å². The summed E-state index contributed by atoms with van der Waals surface area (Å²) < 4.78 is 4.87. The summed E-state index contributed by atoms with van der Waals surface area (Å²) in [5, 5.41) is 3.28. The van der Waals surface area contributed by atoms with E-state index in [1.54, 1.807) is 0 Å². The smallest absolute Gasteiger partial charge is 0.322 e. The second-order valence-corrected chi connectivity index (χ2v) is 5.83. The molecule has 0 bridgehead atoms. The maximum atomic E-state index is 11.7. The van der Waals surface area contributed by atoms with E-state index in [0.29, 0.717) is 6.04 Å². The minimum atomic E-state index is -0.197. The second-order valence-electron chi connectivity index (χ2n) is 5.83. The molecule has 2 unspecified atom stereocenters. The van der Waals surface area contributed by atoms with Gasteiger partial charge in [0.25, 0.3) is 0 Å². The number of piperazine rings is 1. The molecular formula is C14H29N3O2. The molecule has 1 aliphatic rings. The molecule has 1 fully saturated rings. The molecule has 0 spiro atoms. The first-order valence-corrected chi connectivity index (χ1v) is 7.20. The van der Waals surface area contributed by atoms with Gasteiger partial charge in [-0.1, -0.05) is 13.8 Å². The van der Waals surface area contributed by atoms with Gasteiger partial charge in [-0.15, -0.1) is 0 Å². The van der Waals surface area contributed by atoms with Gasteiger partial charge in [-0.05, 0) is 20.4 Å². The first kappa shape index (κ1) is 16.4. The van der Waals surface area contributed by atoms with Gasteiger partial charge in [0.1, 0.15) is 6.04 Å². The van der Waals surface area contributed by atoms with Gasteiger partial charge < -0.3 is 15.0 Å². The maximum Gasteiger partial charge on any atom is 0.322 e. The normalized spacial score (nSPS) is 23.6. The van der Waals surface area contributed by atoms with Crippen LogP contribution in [0.5, 0.6) is 0 Å². The zero-order valence-electron chi connectivity index (χ0n) is 13.0. The Labute approximate surface area is 117 Å². The number of hydrogen-bond donors (Lipinski definition) is 1. The summed E-state index contributed by atoms with van der Waals surface area (Å²) >= 11 is 0. The van der Waals surface area contributed by atoms with Crippen molar-refractivity contribution >= 4 is 5.97 Å². The fraction of sp³-hybridized carbons (Fsp3) is 0.929. The minimum absolute atomic E-state index is 0.157. The number of likely N-dealkylation sites (N-methyl/N-ethyl adjacent to an activating group) is 1. The quantitative estimate of drug-likeness (QED) is 0.715. The summed E-state index contributed by atoms with van der Waals surface area (Å²) in [6, 6.07) is 0.641. The number of rotatable bonds is 6. The zero-order chi connectivity index (χ0) is 14.4. The summed E-state index contributed by atoms with van der Waals surface area (Å²) in [5.41, 5.74) is 0. The molecule has 19 heavy (non-hydrogen) atoms. The van der Waals surface area contributed by atoms with Crippen molar-refractivity contribution in [2.24, 2.45) is 0 Å². The van der Waals surface area contributed by atoms with E-state index >= 15 is 0 Å². The molecule has 0 aromatic carbocycles. The van der Waals surface area contributed by atoms with Crippen LogP contribution in [0.4, 0.5) is 0 Å². The molecule has 1 rings (SSSR count). The van der Waals surface area contributed by atoms with Crippen molar-refractivity contribution in [3.05, 3.63) is 0 Å². The number of esters is 1. The van der Waals surface area contributed by atoms with E-state index in [1.807, 2.05) is 0 Å². The highest BCUT2D eigenvalue weighted by Gasteiger charge is 2.25. The fourth-order valence-electron chi connectivity index (χ4n) is 2.62. The van der Waals surface area contributed by atoms with Crippen LogP contribution in [0, 0.1) is 0 Å². The second kappa shape index (κ2) is 7.82. The Hall–Kier alpha value is -0.650. The lowest BCUT2D eigenvalue weighted by Crippen LogP contribution is -2.52. The molecule has 0 amide bonds. The first-order chi connectivity index (χ1) is 8.93. The topological polar surface area (TPSA) is 44.8 Å². The van der Waals surface area contributed by atoms with E-state index in [9.17, 15) is 4.79 Å². The summed E-state index contributed by atoms with van der Waals surface area (Å²) in [7, 11) is 3.61. The number of methoxy groups -OCH3 is 1. The van der Waals surface area contributed by atoms with Gasteiger partial charge in [-0.3, -0.25) is 9.69 Å². The van der Waals surface area contributed by atoms with Gasteiger partial charge in [0.05, 0.1) is 7.11 Å².